The average Bonchev–Trinajstić information content (AvgIpc) is 3.27. The number of nitriles is 1. The Morgan fingerprint density at radius 2 is 1.57 bits per heavy atom. The first-order valence-corrected chi connectivity index (χ1v) is 10.3. The Morgan fingerprint density at radius 1 is 0.929 bits per heavy atom. The normalized spacial score (nSPS) is 10.1. The number of unbranched alkanes of at least 4 members (excludes halogenated alkanes) is 2. The van der Waals surface area contributed by atoms with Crippen LogP contribution in [-0.2, 0) is 6.54 Å². The molecular weight excluding hydrogens is 341 g/mol. The van der Waals surface area contributed by atoms with Crippen LogP contribution in [0.4, 0.5) is 0 Å². The van der Waals surface area contributed by atoms with Crippen molar-refractivity contribution in [3.8, 4) is 6.07 Å². The van der Waals surface area contributed by atoms with E-state index in [2.05, 4.69) is 79.6 Å². The Balaban J connectivity index is 0.000000221. The molecule has 2 aromatic carbocycles. The summed E-state index contributed by atoms with van der Waals surface area (Å²) in [4.78, 5) is 3.92. The number of imidazole rings is 1. The molecule has 0 aliphatic heterocycles. The van der Waals surface area contributed by atoms with Gasteiger partial charge in [-0.2, -0.15) is 5.26 Å². The molecule has 0 atom stereocenters. The van der Waals surface area contributed by atoms with Crippen LogP contribution in [0.3, 0.4) is 0 Å². The highest BCUT2D eigenvalue weighted by atomic mass is 15.0. The Labute approximate surface area is 170 Å². The first kappa shape index (κ1) is 21.5. The minimum atomic E-state index is 0.553. The van der Waals surface area contributed by atoms with Gasteiger partial charge in [0.15, 0.2) is 0 Å². The second-order valence-corrected chi connectivity index (χ2v) is 6.93. The van der Waals surface area contributed by atoms with Crippen LogP contribution in [0.2, 0.25) is 6.32 Å². The van der Waals surface area contributed by atoms with Gasteiger partial charge in [-0.1, -0.05) is 73.4 Å². The molecule has 0 fully saturated rings. The van der Waals surface area contributed by atoms with Crippen molar-refractivity contribution in [3.05, 3.63) is 90.5 Å². The second kappa shape index (κ2) is 13.4. The van der Waals surface area contributed by atoms with E-state index in [1.807, 2.05) is 10.8 Å². The molecule has 3 aromatic rings. The molecule has 0 spiro atoms. The SMILES string of the molecule is BCCCC(c1ccccc1)c1ccccc1.N#CCCCCn1ccnc1. The van der Waals surface area contributed by atoms with Gasteiger partial charge in [-0.15, -0.1) is 0 Å². The van der Waals surface area contributed by atoms with E-state index in [-0.39, 0.29) is 0 Å². The molecule has 0 saturated heterocycles. The van der Waals surface area contributed by atoms with E-state index in [4.69, 9.17) is 5.26 Å². The Kier molecular flexibility index (Phi) is 10.3. The predicted octanol–water partition coefficient (Wildman–Crippen LogP) is 5.23. The smallest absolute Gasteiger partial charge is 0.101 e. The van der Waals surface area contributed by atoms with Crippen LogP contribution in [0, 0.1) is 11.3 Å². The fourth-order valence-electron chi connectivity index (χ4n) is 3.22. The molecule has 28 heavy (non-hydrogen) atoms. The topological polar surface area (TPSA) is 41.6 Å². The molecule has 0 saturated carbocycles. The summed E-state index contributed by atoms with van der Waals surface area (Å²) in [7, 11) is 2.26. The summed E-state index contributed by atoms with van der Waals surface area (Å²) in [5, 5.41) is 8.25. The lowest BCUT2D eigenvalue weighted by atomic mass is 9.85. The molecule has 3 nitrogen and oxygen atoms in total. The van der Waals surface area contributed by atoms with E-state index >= 15 is 0 Å². The molecule has 0 aliphatic carbocycles. The van der Waals surface area contributed by atoms with Crippen LogP contribution in [-0.4, -0.2) is 17.4 Å². The van der Waals surface area contributed by atoms with Gasteiger partial charge in [0, 0.05) is 31.3 Å². The highest BCUT2D eigenvalue weighted by molar-refractivity contribution is 6.08. The van der Waals surface area contributed by atoms with Crippen LogP contribution >= 0.6 is 0 Å². The zero-order chi connectivity index (χ0) is 19.9. The van der Waals surface area contributed by atoms with Gasteiger partial charge in [0.25, 0.3) is 0 Å². The maximum atomic E-state index is 8.25. The number of benzene rings is 2. The summed E-state index contributed by atoms with van der Waals surface area (Å²) >= 11 is 0. The number of nitrogens with zero attached hydrogens (tertiary/aromatic N) is 3. The Morgan fingerprint density at radius 3 is 2.07 bits per heavy atom. The van der Waals surface area contributed by atoms with Gasteiger partial charge in [-0.05, 0) is 30.4 Å². The van der Waals surface area contributed by atoms with Crippen LogP contribution in [0.5, 0.6) is 0 Å². The molecule has 0 amide bonds. The summed E-state index contributed by atoms with van der Waals surface area (Å²) in [5.41, 5.74) is 2.87. The minimum absolute atomic E-state index is 0.553. The van der Waals surface area contributed by atoms with Crippen molar-refractivity contribution in [3.63, 3.8) is 0 Å². The molecule has 1 heterocycles. The van der Waals surface area contributed by atoms with Crippen LogP contribution in [0.1, 0.15) is 49.1 Å². The zero-order valence-corrected chi connectivity index (χ0v) is 16.9. The van der Waals surface area contributed by atoms with E-state index in [0.29, 0.717) is 12.3 Å². The Hall–Kier alpha value is -2.80. The van der Waals surface area contributed by atoms with Crippen molar-refractivity contribution in [1.29, 1.82) is 5.26 Å². The third-order valence-electron chi connectivity index (χ3n) is 4.76. The minimum Gasteiger partial charge on any atom is -0.337 e. The van der Waals surface area contributed by atoms with Crippen LogP contribution in [0.25, 0.3) is 0 Å². The lowest BCUT2D eigenvalue weighted by molar-refractivity contribution is 0.616. The number of aromatic nitrogens is 2. The van der Waals surface area contributed by atoms with Crippen molar-refractivity contribution in [2.45, 2.75) is 50.9 Å². The van der Waals surface area contributed by atoms with Gasteiger partial charge >= 0.3 is 0 Å². The van der Waals surface area contributed by atoms with Gasteiger partial charge in [-0.25, -0.2) is 4.98 Å². The maximum absolute atomic E-state index is 8.25. The summed E-state index contributed by atoms with van der Waals surface area (Å²) in [5.74, 6) is 0.553. The van der Waals surface area contributed by atoms with Crippen molar-refractivity contribution < 1.29 is 0 Å². The van der Waals surface area contributed by atoms with E-state index in [1.54, 1.807) is 12.5 Å². The first-order chi connectivity index (χ1) is 13.8. The standard InChI is InChI=1S/C16H19B.C8H11N3/c17-13-7-12-16(14-8-3-1-4-9-14)15-10-5-2-6-11-15;9-4-2-1-3-6-11-7-5-10-8-11/h1-6,8-11,16H,7,12-13,17H2;5,7-8H,1-3,6H2. The molecule has 0 radical (unpaired) electrons. The molecule has 144 valence electrons. The molecular formula is C24H30BN3. The lowest BCUT2D eigenvalue weighted by Crippen LogP contribution is -2.00. The third kappa shape index (κ3) is 7.84. The van der Waals surface area contributed by atoms with E-state index in [0.717, 1.165) is 19.4 Å². The zero-order valence-electron chi connectivity index (χ0n) is 16.9. The second-order valence-electron chi connectivity index (χ2n) is 6.93. The summed E-state index contributed by atoms with van der Waals surface area (Å²) in [6, 6.07) is 23.8. The van der Waals surface area contributed by atoms with Crippen molar-refractivity contribution in [1.82, 2.24) is 9.55 Å². The average molecular weight is 371 g/mol. The highest BCUT2D eigenvalue weighted by Crippen LogP contribution is 2.29. The predicted molar refractivity (Wildman–Crippen MR) is 119 cm³/mol. The summed E-state index contributed by atoms with van der Waals surface area (Å²) < 4.78 is 2.03. The molecule has 0 aliphatic rings. The van der Waals surface area contributed by atoms with E-state index < -0.39 is 0 Å². The molecule has 1 aromatic heterocycles. The number of rotatable bonds is 9. The quantitative estimate of drug-likeness (QED) is 0.382. The fraction of sp³-hybridized carbons (Fsp3) is 0.333. The number of aryl methyl sites for hydroxylation is 1. The lowest BCUT2D eigenvalue weighted by Gasteiger charge is -2.17. The molecule has 4 heteroatoms. The molecule has 0 bridgehead atoms. The monoisotopic (exact) mass is 371 g/mol. The van der Waals surface area contributed by atoms with E-state index in [9.17, 15) is 0 Å². The van der Waals surface area contributed by atoms with Crippen molar-refractivity contribution in [2.75, 3.05) is 0 Å². The number of hydrogen-bond donors (Lipinski definition) is 0. The third-order valence-corrected chi connectivity index (χ3v) is 4.76. The first-order valence-electron chi connectivity index (χ1n) is 10.3. The van der Waals surface area contributed by atoms with Gasteiger partial charge < -0.3 is 4.57 Å². The van der Waals surface area contributed by atoms with Crippen molar-refractivity contribution in [2.24, 2.45) is 0 Å². The van der Waals surface area contributed by atoms with Gasteiger partial charge in [0.1, 0.15) is 7.85 Å². The molecule has 0 N–H and O–H groups in total. The molecule has 0 unspecified atom stereocenters. The van der Waals surface area contributed by atoms with Gasteiger partial charge in [0.05, 0.1) is 12.4 Å². The highest BCUT2D eigenvalue weighted by Gasteiger charge is 2.12. The van der Waals surface area contributed by atoms with Crippen molar-refractivity contribution >= 4 is 7.85 Å². The maximum Gasteiger partial charge on any atom is 0.101 e. The Bertz CT molecular complexity index is 740. The van der Waals surface area contributed by atoms with E-state index in [1.165, 1.54) is 30.3 Å². The van der Waals surface area contributed by atoms with Gasteiger partial charge in [-0.3, -0.25) is 0 Å². The molecule has 3 rings (SSSR count). The van der Waals surface area contributed by atoms with Gasteiger partial charge in [0.2, 0.25) is 0 Å². The number of hydrogen-bond acceptors (Lipinski definition) is 2. The van der Waals surface area contributed by atoms with Crippen LogP contribution in [0.15, 0.2) is 79.4 Å². The fourth-order valence-corrected chi connectivity index (χ4v) is 3.22. The largest absolute Gasteiger partial charge is 0.337 e. The van der Waals surface area contributed by atoms with Crippen LogP contribution < -0.4 is 0 Å². The summed E-state index contributed by atoms with van der Waals surface area (Å²) in [6.07, 6.45) is 12.0. The summed E-state index contributed by atoms with van der Waals surface area (Å²) in [6.45, 7) is 0.974.